The van der Waals surface area contributed by atoms with Gasteiger partial charge in [0.15, 0.2) is 5.72 Å². The number of benzene rings is 1. The standard InChI is InChI=1S/C23H26N2O6/c1-4-13-10-25-18-8-16(13)21(20(28)29-3,11-30-12(2)26)22-9-19(25)31-23(18,22)24-17-7-14(27)5-6-15(17)22/h4-7,16,18-19,24,27H,8-11H2,1-3H3/t16?,18-,19?,21?,22+,23+/m1/s1. The van der Waals surface area contributed by atoms with Crippen molar-refractivity contribution in [3.8, 4) is 5.75 Å². The fourth-order valence-corrected chi connectivity index (χ4v) is 7.56. The van der Waals surface area contributed by atoms with Crippen LogP contribution in [-0.4, -0.2) is 60.2 Å². The second-order valence-electron chi connectivity index (χ2n) is 9.36. The van der Waals surface area contributed by atoms with E-state index in [1.165, 1.54) is 14.0 Å². The van der Waals surface area contributed by atoms with Crippen molar-refractivity contribution < 1.29 is 28.9 Å². The van der Waals surface area contributed by atoms with Gasteiger partial charge < -0.3 is 24.6 Å². The van der Waals surface area contributed by atoms with Crippen LogP contribution < -0.4 is 5.32 Å². The first kappa shape index (κ1) is 19.1. The molecule has 4 fully saturated rings. The Morgan fingerprint density at radius 2 is 2.23 bits per heavy atom. The number of fused-ring (bicyclic) bond motifs is 4. The Kier molecular flexibility index (Phi) is 3.58. The number of methoxy groups -OCH3 is 1. The molecule has 164 valence electrons. The summed E-state index contributed by atoms with van der Waals surface area (Å²) in [5.41, 5.74) is 0.0158. The highest BCUT2D eigenvalue weighted by Gasteiger charge is 2.87. The van der Waals surface area contributed by atoms with Crippen LogP contribution in [0.25, 0.3) is 0 Å². The maximum atomic E-state index is 13.8. The molecule has 3 unspecified atom stereocenters. The van der Waals surface area contributed by atoms with Crippen molar-refractivity contribution in [3.63, 3.8) is 0 Å². The topological polar surface area (TPSA) is 97.3 Å². The van der Waals surface area contributed by atoms with E-state index in [0.29, 0.717) is 19.4 Å². The second-order valence-corrected chi connectivity index (χ2v) is 9.36. The normalized spacial score (nSPS) is 42.3. The number of nitrogens with one attached hydrogen (secondary N) is 1. The van der Waals surface area contributed by atoms with E-state index >= 15 is 0 Å². The van der Waals surface area contributed by atoms with Crippen LogP contribution in [0.4, 0.5) is 5.69 Å². The Morgan fingerprint density at radius 3 is 2.94 bits per heavy atom. The molecular formula is C23H26N2O6. The van der Waals surface area contributed by atoms with Gasteiger partial charge in [-0.2, -0.15) is 0 Å². The van der Waals surface area contributed by atoms with Crippen LogP contribution in [0.5, 0.6) is 5.75 Å². The van der Waals surface area contributed by atoms with Crippen LogP contribution in [0, 0.1) is 11.3 Å². The van der Waals surface area contributed by atoms with E-state index in [-0.39, 0.29) is 36.5 Å². The minimum Gasteiger partial charge on any atom is -0.508 e. The lowest BCUT2D eigenvalue weighted by molar-refractivity contribution is -0.196. The van der Waals surface area contributed by atoms with Crippen LogP contribution >= 0.6 is 0 Å². The van der Waals surface area contributed by atoms with Crippen molar-refractivity contribution in [2.75, 3.05) is 25.6 Å². The van der Waals surface area contributed by atoms with Gasteiger partial charge in [0.25, 0.3) is 0 Å². The summed E-state index contributed by atoms with van der Waals surface area (Å²) in [6.07, 6.45) is 3.20. The van der Waals surface area contributed by atoms with Crippen molar-refractivity contribution in [3.05, 3.63) is 35.4 Å². The molecule has 1 aliphatic carbocycles. The summed E-state index contributed by atoms with van der Waals surface area (Å²) in [6, 6.07) is 5.27. The zero-order valence-electron chi connectivity index (χ0n) is 17.8. The maximum absolute atomic E-state index is 13.8. The van der Waals surface area contributed by atoms with E-state index < -0.39 is 22.5 Å². The Labute approximate surface area is 180 Å². The molecule has 0 aromatic heterocycles. The van der Waals surface area contributed by atoms with E-state index in [4.69, 9.17) is 14.2 Å². The molecule has 1 aromatic carbocycles. The van der Waals surface area contributed by atoms with E-state index in [9.17, 15) is 14.7 Å². The lowest BCUT2D eigenvalue weighted by Gasteiger charge is -2.64. The average Bonchev–Trinajstić information content (AvgIpc) is 3.34. The average molecular weight is 426 g/mol. The van der Waals surface area contributed by atoms with Crippen LogP contribution in [0.2, 0.25) is 0 Å². The number of allylic oxidation sites excluding steroid dienone is 1. The monoisotopic (exact) mass is 426 g/mol. The zero-order valence-corrected chi connectivity index (χ0v) is 17.8. The maximum Gasteiger partial charge on any atom is 0.317 e. The number of hydrogen-bond acceptors (Lipinski definition) is 8. The number of aromatic hydroxyl groups is 1. The molecule has 1 saturated carbocycles. The van der Waals surface area contributed by atoms with E-state index in [1.54, 1.807) is 12.1 Å². The van der Waals surface area contributed by atoms with Crippen molar-refractivity contribution >= 4 is 17.6 Å². The first-order chi connectivity index (χ1) is 14.8. The highest BCUT2D eigenvalue weighted by atomic mass is 16.6. The van der Waals surface area contributed by atoms with Gasteiger partial charge in [0.1, 0.15) is 24.0 Å². The third kappa shape index (κ3) is 1.87. The number of anilines is 1. The lowest BCUT2D eigenvalue weighted by Crippen LogP contribution is -2.78. The van der Waals surface area contributed by atoms with Gasteiger partial charge in [-0.05, 0) is 25.0 Å². The Hall–Kier alpha value is -2.58. The third-order valence-electron chi connectivity index (χ3n) is 8.51. The summed E-state index contributed by atoms with van der Waals surface area (Å²) >= 11 is 0. The molecule has 8 nitrogen and oxygen atoms in total. The van der Waals surface area contributed by atoms with E-state index in [0.717, 1.165) is 16.8 Å². The second kappa shape index (κ2) is 5.81. The highest BCUT2D eigenvalue weighted by molar-refractivity contribution is 5.86. The van der Waals surface area contributed by atoms with Gasteiger partial charge in [-0.1, -0.05) is 17.7 Å². The summed E-state index contributed by atoms with van der Waals surface area (Å²) in [6.45, 7) is 3.98. The van der Waals surface area contributed by atoms with Gasteiger partial charge in [-0.3, -0.25) is 14.5 Å². The van der Waals surface area contributed by atoms with Crippen LogP contribution in [0.3, 0.4) is 0 Å². The molecule has 4 heterocycles. The zero-order chi connectivity index (χ0) is 21.8. The number of ether oxygens (including phenoxy) is 3. The van der Waals surface area contributed by atoms with Crippen LogP contribution in [0.1, 0.15) is 32.3 Å². The number of rotatable bonds is 3. The van der Waals surface area contributed by atoms with Gasteiger partial charge in [0.05, 0.1) is 18.6 Å². The molecule has 3 saturated heterocycles. The third-order valence-corrected chi connectivity index (χ3v) is 8.51. The molecule has 1 spiro atoms. The molecule has 1 aromatic rings. The number of phenols is 1. The molecule has 2 N–H and O–H groups in total. The first-order valence-electron chi connectivity index (χ1n) is 10.8. The van der Waals surface area contributed by atoms with Gasteiger partial charge in [-0.25, -0.2) is 0 Å². The predicted octanol–water partition coefficient (Wildman–Crippen LogP) is 1.88. The van der Waals surface area contributed by atoms with E-state index in [2.05, 4.69) is 16.3 Å². The van der Waals surface area contributed by atoms with Gasteiger partial charge in [0, 0.05) is 37.6 Å². The van der Waals surface area contributed by atoms with Gasteiger partial charge in [0.2, 0.25) is 0 Å². The molecular weight excluding hydrogens is 400 g/mol. The summed E-state index contributed by atoms with van der Waals surface area (Å²) in [5.74, 6) is -0.827. The molecule has 4 bridgehead atoms. The lowest BCUT2D eigenvalue weighted by atomic mass is 9.42. The highest BCUT2D eigenvalue weighted by Crippen LogP contribution is 2.76. The summed E-state index contributed by atoms with van der Waals surface area (Å²) < 4.78 is 17.8. The Balaban J connectivity index is 1.69. The predicted molar refractivity (Wildman–Crippen MR) is 109 cm³/mol. The van der Waals surface area contributed by atoms with Gasteiger partial charge in [-0.15, -0.1) is 0 Å². The summed E-state index contributed by atoms with van der Waals surface area (Å²) in [7, 11) is 1.39. The Bertz CT molecular complexity index is 1050. The number of piperidine rings is 2. The SMILES string of the molecule is CC=C1CN2C3C[C@@]45c6ccc(O)cc6N[C@]4(O3)[C@H]2CC1C5(COC(C)=O)C(=O)OC. The van der Waals surface area contributed by atoms with Crippen molar-refractivity contribution in [2.45, 2.75) is 50.1 Å². The van der Waals surface area contributed by atoms with Crippen LogP contribution in [-0.2, 0) is 29.2 Å². The first-order valence-corrected chi connectivity index (χ1v) is 10.8. The molecule has 8 heteroatoms. The smallest absolute Gasteiger partial charge is 0.317 e. The molecule has 6 rings (SSSR count). The van der Waals surface area contributed by atoms with Gasteiger partial charge >= 0.3 is 11.9 Å². The fraction of sp³-hybridized carbons (Fsp3) is 0.565. The van der Waals surface area contributed by atoms with E-state index in [1.807, 2.05) is 13.0 Å². The summed E-state index contributed by atoms with van der Waals surface area (Å²) in [4.78, 5) is 28.2. The quantitative estimate of drug-likeness (QED) is 0.559. The van der Waals surface area contributed by atoms with Crippen LogP contribution in [0.15, 0.2) is 29.8 Å². The number of carbonyl (C=O) groups is 2. The van der Waals surface area contributed by atoms with Crippen molar-refractivity contribution in [1.82, 2.24) is 4.90 Å². The largest absolute Gasteiger partial charge is 0.508 e. The summed E-state index contributed by atoms with van der Waals surface area (Å²) in [5, 5.41) is 13.7. The number of carbonyl (C=O) groups excluding carboxylic acids is 2. The molecule has 5 aliphatic rings. The van der Waals surface area contributed by atoms with Crippen molar-refractivity contribution in [2.24, 2.45) is 11.3 Å². The molecule has 6 atom stereocenters. The Morgan fingerprint density at radius 1 is 1.42 bits per heavy atom. The number of hydrogen-bond donors (Lipinski definition) is 2. The molecule has 0 amide bonds. The number of nitrogens with zero attached hydrogens (tertiary/aromatic N) is 1. The van der Waals surface area contributed by atoms with Crippen molar-refractivity contribution in [1.29, 1.82) is 0 Å². The number of esters is 2. The fourth-order valence-electron chi connectivity index (χ4n) is 7.56. The molecule has 31 heavy (non-hydrogen) atoms. The molecule has 0 radical (unpaired) electrons. The molecule has 4 aliphatic heterocycles. The number of phenolic OH excluding ortho intramolecular Hbond substituents is 1. The minimum atomic E-state index is -1.15. The minimum absolute atomic E-state index is 0.0598.